The van der Waals surface area contributed by atoms with Crippen LogP contribution in [0, 0.1) is 0 Å². The zero-order chi connectivity index (χ0) is 16.8. The summed E-state index contributed by atoms with van der Waals surface area (Å²) in [7, 11) is 0. The second-order valence-corrected chi connectivity index (χ2v) is 6.49. The van der Waals surface area contributed by atoms with Crippen LogP contribution in [0.2, 0.25) is 0 Å². The van der Waals surface area contributed by atoms with Crippen LogP contribution < -0.4 is 10.1 Å². The predicted molar refractivity (Wildman–Crippen MR) is 96.5 cm³/mol. The van der Waals surface area contributed by atoms with Crippen LogP contribution in [0.1, 0.15) is 48.5 Å². The maximum atomic E-state index is 12.5. The zero-order valence-electron chi connectivity index (χ0n) is 14.3. The van der Waals surface area contributed by atoms with Crippen LogP contribution >= 0.6 is 0 Å². The molecule has 0 saturated heterocycles. The molecule has 1 aliphatic rings. The molecular formula is C21H25NO2. The summed E-state index contributed by atoms with van der Waals surface area (Å²) >= 11 is 0. The Kier molecular flexibility index (Phi) is 5.19. The highest BCUT2D eigenvalue weighted by molar-refractivity contribution is 5.94. The number of rotatable bonds is 6. The zero-order valence-corrected chi connectivity index (χ0v) is 14.3. The van der Waals surface area contributed by atoms with E-state index in [4.69, 9.17) is 4.74 Å². The van der Waals surface area contributed by atoms with E-state index in [-0.39, 0.29) is 11.3 Å². The van der Waals surface area contributed by atoms with E-state index in [0.717, 1.165) is 18.6 Å². The van der Waals surface area contributed by atoms with Crippen LogP contribution in [0.5, 0.6) is 5.75 Å². The maximum absolute atomic E-state index is 12.5. The first-order valence-corrected chi connectivity index (χ1v) is 8.80. The number of ether oxygens (including phenoxy) is 1. The number of carbonyl (C=O) groups excluding carboxylic acids is 1. The smallest absolute Gasteiger partial charge is 0.251 e. The molecule has 1 amide bonds. The Morgan fingerprint density at radius 2 is 1.71 bits per heavy atom. The number of hydrogen-bond donors (Lipinski definition) is 1. The van der Waals surface area contributed by atoms with Crippen molar-refractivity contribution >= 4 is 5.91 Å². The third-order valence-electron chi connectivity index (χ3n) is 4.96. The molecule has 1 fully saturated rings. The molecule has 3 rings (SSSR count). The SMILES string of the molecule is CCOc1ccc(C(=O)NCC2(c3ccccc3)CCCC2)cc1. The van der Waals surface area contributed by atoms with Crippen molar-refractivity contribution in [2.24, 2.45) is 0 Å². The molecule has 0 spiro atoms. The molecular weight excluding hydrogens is 298 g/mol. The maximum Gasteiger partial charge on any atom is 0.251 e. The molecule has 0 aromatic heterocycles. The van der Waals surface area contributed by atoms with E-state index in [1.165, 1.54) is 18.4 Å². The van der Waals surface area contributed by atoms with E-state index in [2.05, 4.69) is 29.6 Å². The van der Waals surface area contributed by atoms with Crippen molar-refractivity contribution in [3.05, 3.63) is 65.7 Å². The van der Waals surface area contributed by atoms with E-state index < -0.39 is 0 Å². The first-order valence-electron chi connectivity index (χ1n) is 8.80. The first-order chi connectivity index (χ1) is 11.7. The van der Waals surface area contributed by atoms with Crippen molar-refractivity contribution in [1.82, 2.24) is 5.32 Å². The highest BCUT2D eigenvalue weighted by Crippen LogP contribution is 2.40. The molecule has 3 heteroatoms. The summed E-state index contributed by atoms with van der Waals surface area (Å²) < 4.78 is 5.42. The minimum atomic E-state index is -0.0137. The van der Waals surface area contributed by atoms with Crippen LogP contribution in [0.3, 0.4) is 0 Å². The molecule has 0 unspecified atom stereocenters. The molecule has 126 valence electrons. The molecule has 2 aromatic rings. The Morgan fingerprint density at radius 3 is 2.33 bits per heavy atom. The fraction of sp³-hybridized carbons (Fsp3) is 0.381. The van der Waals surface area contributed by atoms with E-state index in [0.29, 0.717) is 18.7 Å². The molecule has 1 saturated carbocycles. The average Bonchev–Trinajstić information content (AvgIpc) is 3.12. The van der Waals surface area contributed by atoms with Gasteiger partial charge in [0.25, 0.3) is 5.91 Å². The van der Waals surface area contributed by atoms with Crippen molar-refractivity contribution < 1.29 is 9.53 Å². The second-order valence-electron chi connectivity index (χ2n) is 6.49. The minimum absolute atomic E-state index is 0.0137. The third-order valence-corrected chi connectivity index (χ3v) is 4.96. The summed E-state index contributed by atoms with van der Waals surface area (Å²) in [5.74, 6) is 0.783. The lowest BCUT2D eigenvalue weighted by molar-refractivity contribution is 0.0943. The molecule has 0 atom stereocenters. The van der Waals surface area contributed by atoms with Crippen molar-refractivity contribution in [1.29, 1.82) is 0 Å². The lowest BCUT2D eigenvalue weighted by atomic mass is 9.79. The second kappa shape index (κ2) is 7.52. The van der Waals surface area contributed by atoms with Crippen molar-refractivity contribution in [3.63, 3.8) is 0 Å². The molecule has 0 bridgehead atoms. The van der Waals surface area contributed by atoms with Crippen molar-refractivity contribution in [2.45, 2.75) is 38.0 Å². The van der Waals surface area contributed by atoms with Crippen LogP contribution in [0.25, 0.3) is 0 Å². The van der Waals surface area contributed by atoms with Gasteiger partial charge in [0.05, 0.1) is 6.61 Å². The number of amides is 1. The van der Waals surface area contributed by atoms with E-state index in [9.17, 15) is 4.79 Å². The fourth-order valence-corrected chi connectivity index (χ4v) is 3.63. The van der Waals surface area contributed by atoms with Crippen molar-refractivity contribution in [3.8, 4) is 5.75 Å². The van der Waals surface area contributed by atoms with E-state index in [1.54, 1.807) is 0 Å². The highest BCUT2D eigenvalue weighted by atomic mass is 16.5. The van der Waals surface area contributed by atoms with Crippen LogP contribution in [-0.2, 0) is 5.41 Å². The van der Waals surface area contributed by atoms with Crippen LogP contribution in [0.15, 0.2) is 54.6 Å². The Hall–Kier alpha value is -2.29. The van der Waals surface area contributed by atoms with Gasteiger partial charge < -0.3 is 10.1 Å². The molecule has 24 heavy (non-hydrogen) atoms. The van der Waals surface area contributed by atoms with Gasteiger partial charge in [-0.1, -0.05) is 43.2 Å². The van der Waals surface area contributed by atoms with Gasteiger partial charge in [-0.05, 0) is 49.6 Å². The summed E-state index contributed by atoms with van der Waals surface area (Å²) in [6, 6.07) is 17.9. The lowest BCUT2D eigenvalue weighted by Gasteiger charge is -2.30. The Balaban J connectivity index is 1.67. The van der Waals surface area contributed by atoms with Gasteiger partial charge in [0.2, 0.25) is 0 Å². The van der Waals surface area contributed by atoms with Crippen LogP contribution in [0.4, 0.5) is 0 Å². The van der Waals surface area contributed by atoms with Gasteiger partial charge >= 0.3 is 0 Å². The van der Waals surface area contributed by atoms with Gasteiger partial charge in [0, 0.05) is 17.5 Å². The van der Waals surface area contributed by atoms with Crippen LogP contribution in [-0.4, -0.2) is 19.1 Å². The summed E-state index contributed by atoms with van der Waals surface area (Å²) in [5.41, 5.74) is 2.11. The average molecular weight is 323 g/mol. The lowest BCUT2D eigenvalue weighted by Crippen LogP contribution is -2.39. The van der Waals surface area contributed by atoms with Gasteiger partial charge in [0.15, 0.2) is 0 Å². The quantitative estimate of drug-likeness (QED) is 0.859. The van der Waals surface area contributed by atoms with Gasteiger partial charge in [-0.25, -0.2) is 0 Å². The summed E-state index contributed by atoms with van der Waals surface area (Å²) in [4.78, 5) is 12.5. The van der Waals surface area contributed by atoms with Gasteiger partial charge in [-0.2, -0.15) is 0 Å². The fourth-order valence-electron chi connectivity index (χ4n) is 3.63. The summed E-state index contributed by atoms with van der Waals surface area (Å²) in [5, 5.41) is 3.15. The molecule has 0 aliphatic heterocycles. The Bertz CT molecular complexity index is 658. The molecule has 1 aliphatic carbocycles. The summed E-state index contributed by atoms with van der Waals surface area (Å²) in [6.07, 6.45) is 4.74. The number of nitrogens with one attached hydrogen (secondary N) is 1. The van der Waals surface area contributed by atoms with E-state index in [1.807, 2.05) is 37.3 Å². The Morgan fingerprint density at radius 1 is 1.04 bits per heavy atom. The molecule has 3 nitrogen and oxygen atoms in total. The monoisotopic (exact) mass is 323 g/mol. The topological polar surface area (TPSA) is 38.3 Å². The molecule has 1 N–H and O–H groups in total. The molecule has 2 aromatic carbocycles. The highest BCUT2D eigenvalue weighted by Gasteiger charge is 2.35. The number of carbonyl (C=O) groups is 1. The predicted octanol–water partition coefficient (Wildman–Crippen LogP) is 4.33. The largest absolute Gasteiger partial charge is 0.494 e. The summed E-state index contributed by atoms with van der Waals surface area (Å²) in [6.45, 7) is 3.28. The van der Waals surface area contributed by atoms with Gasteiger partial charge in [-0.15, -0.1) is 0 Å². The van der Waals surface area contributed by atoms with Gasteiger partial charge in [0.1, 0.15) is 5.75 Å². The van der Waals surface area contributed by atoms with E-state index >= 15 is 0 Å². The molecule has 0 heterocycles. The first kappa shape index (κ1) is 16.6. The number of hydrogen-bond acceptors (Lipinski definition) is 2. The minimum Gasteiger partial charge on any atom is -0.494 e. The van der Waals surface area contributed by atoms with Crippen molar-refractivity contribution in [2.75, 3.05) is 13.2 Å². The molecule has 0 radical (unpaired) electrons. The third kappa shape index (κ3) is 3.61. The standard InChI is InChI=1S/C21H25NO2/c1-2-24-19-12-10-17(11-13-19)20(23)22-16-21(14-6-7-15-21)18-8-4-3-5-9-18/h3-5,8-13H,2,6-7,14-16H2,1H3,(H,22,23). The Labute approximate surface area is 144 Å². The number of benzene rings is 2. The normalized spacial score (nSPS) is 15.9. The van der Waals surface area contributed by atoms with Gasteiger partial charge in [-0.3, -0.25) is 4.79 Å².